The Kier molecular flexibility index (Phi) is 5.44. The van der Waals surface area contributed by atoms with Gasteiger partial charge in [0.05, 0.1) is 4.90 Å². The van der Waals surface area contributed by atoms with Gasteiger partial charge in [0.25, 0.3) is 0 Å². The summed E-state index contributed by atoms with van der Waals surface area (Å²) < 4.78 is 25.1. The molecular formula is C19H23NO3S. The van der Waals surface area contributed by atoms with Crippen LogP contribution in [0.4, 0.5) is 5.69 Å². The number of benzene rings is 2. The van der Waals surface area contributed by atoms with E-state index in [4.69, 9.17) is 0 Å². The van der Waals surface area contributed by atoms with Gasteiger partial charge in [-0.25, -0.2) is 8.42 Å². The normalized spacial score (nSPS) is 11.3. The van der Waals surface area contributed by atoms with E-state index in [0.717, 1.165) is 23.1 Å². The Bertz CT molecular complexity index is 870. The van der Waals surface area contributed by atoms with E-state index in [2.05, 4.69) is 5.32 Å². The van der Waals surface area contributed by atoms with Crippen LogP contribution in [0.3, 0.4) is 0 Å². The average Bonchev–Trinajstić information content (AvgIpc) is 2.48. The summed E-state index contributed by atoms with van der Waals surface area (Å²) in [5, 5.41) is 2.77. The monoisotopic (exact) mass is 345 g/mol. The Morgan fingerprint density at radius 3 is 2.38 bits per heavy atom. The number of hydrogen-bond donors (Lipinski definition) is 1. The first-order chi connectivity index (χ1) is 11.2. The average molecular weight is 345 g/mol. The molecule has 1 amide bonds. The molecule has 4 nitrogen and oxygen atoms in total. The first-order valence-corrected chi connectivity index (χ1v) is 9.58. The Morgan fingerprint density at radius 1 is 1.04 bits per heavy atom. The van der Waals surface area contributed by atoms with Gasteiger partial charge in [-0.1, -0.05) is 42.8 Å². The number of aryl methyl sites for hydroxylation is 4. The third kappa shape index (κ3) is 4.03. The van der Waals surface area contributed by atoms with Gasteiger partial charge in [0, 0.05) is 5.69 Å². The molecule has 128 valence electrons. The summed E-state index contributed by atoms with van der Waals surface area (Å²) in [6, 6.07) is 10.9. The van der Waals surface area contributed by atoms with Crippen molar-refractivity contribution >= 4 is 21.4 Å². The molecule has 0 atom stereocenters. The molecule has 2 rings (SSSR count). The van der Waals surface area contributed by atoms with Gasteiger partial charge in [0.1, 0.15) is 5.75 Å². The highest BCUT2D eigenvalue weighted by Crippen LogP contribution is 2.22. The highest BCUT2D eigenvalue weighted by atomic mass is 32.2. The summed E-state index contributed by atoms with van der Waals surface area (Å²) in [4.78, 5) is 12.5. The minimum atomic E-state index is -3.67. The second-order valence-electron chi connectivity index (χ2n) is 6.04. The molecule has 0 aliphatic carbocycles. The molecule has 0 fully saturated rings. The molecule has 0 aromatic heterocycles. The summed E-state index contributed by atoms with van der Waals surface area (Å²) in [6.07, 6.45) is 0.765. The van der Waals surface area contributed by atoms with Crippen LogP contribution in [0.2, 0.25) is 0 Å². The predicted octanol–water partition coefficient (Wildman–Crippen LogP) is 3.59. The number of amides is 1. The van der Waals surface area contributed by atoms with E-state index >= 15 is 0 Å². The van der Waals surface area contributed by atoms with Crippen molar-refractivity contribution in [1.29, 1.82) is 0 Å². The maximum atomic E-state index is 12.5. The van der Waals surface area contributed by atoms with Crippen LogP contribution in [-0.4, -0.2) is 20.1 Å². The van der Waals surface area contributed by atoms with Crippen LogP contribution < -0.4 is 5.32 Å². The molecule has 24 heavy (non-hydrogen) atoms. The first kappa shape index (κ1) is 18.2. The maximum Gasteiger partial charge on any atom is 0.239 e. The number of sulfone groups is 1. The maximum absolute atomic E-state index is 12.5. The van der Waals surface area contributed by atoms with E-state index < -0.39 is 21.5 Å². The van der Waals surface area contributed by atoms with Gasteiger partial charge in [0.2, 0.25) is 5.91 Å². The summed E-state index contributed by atoms with van der Waals surface area (Å²) >= 11 is 0. The van der Waals surface area contributed by atoms with E-state index in [1.165, 1.54) is 0 Å². The Balaban J connectivity index is 2.23. The van der Waals surface area contributed by atoms with Crippen LogP contribution in [-0.2, 0) is 21.1 Å². The van der Waals surface area contributed by atoms with Crippen LogP contribution in [0.15, 0.2) is 41.3 Å². The molecule has 2 aromatic rings. The van der Waals surface area contributed by atoms with Crippen molar-refractivity contribution in [2.75, 3.05) is 11.1 Å². The van der Waals surface area contributed by atoms with Gasteiger partial charge < -0.3 is 5.32 Å². The zero-order chi connectivity index (χ0) is 17.9. The molecule has 0 aliphatic heterocycles. The quantitative estimate of drug-likeness (QED) is 0.901. The van der Waals surface area contributed by atoms with E-state index in [0.29, 0.717) is 11.3 Å². The van der Waals surface area contributed by atoms with Gasteiger partial charge in [-0.3, -0.25) is 4.79 Å². The highest BCUT2D eigenvalue weighted by Gasteiger charge is 2.22. The fraction of sp³-hybridized carbons (Fsp3) is 0.316. The molecule has 0 saturated heterocycles. The highest BCUT2D eigenvalue weighted by molar-refractivity contribution is 7.92. The van der Waals surface area contributed by atoms with Crippen molar-refractivity contribution in [1.82, 2.24) is 0 Å². The Hall–Kier alpha value is -2.14. The van der Waals surface area contributed by atoms with Crippen molar-refractivity contribution in [3.8, 4) is 0 Å². The molecule has 0 saturated carbocycles. The summed E-state index contributed by atoms with van der Waals surface area (Å²) in [6.45, 7) is 7.54. The van der Waals surface area contributed by atoms with Gasteiger partial charge in [-0.2, -0.15) is 0 Å². The van der Waals surface area contributed by atoms with Gasteiger partial charge >= 0.3 is 0 Å². The van der Waals surface area contributed by atoms with Crippen LogP contribution >= 0.6 is 0 Å². The summed E-state index contributed by atoms with van der Waals surface area (Å²) in [7, 11) is -3.67. The van der Waals surface area contributed by atoms with Crippen molar-refractivity contribution in [3.63, 3.8) is 0 Å². The number of rotatable bonds is 5. The number of carbonyl (C=O) groups is 1. The third-order valence-electron chi connectivity index (χ3n) is 3.99. The smallest absolute Gasteiger partial charge is 0.239 e. The molecule has 2 aromatic carbocycles. The minimum absolute atomic E-state index is 0.212. The second kappa shape index (κ2) is 7.18. The molecule has 0 heterocycles. The van der Waals surface area contributed by atoms with Gasteiger partial charge in [0.15, 0.2) is 9.84 Å². The predicted molar refractivity (Wildman–Crippen MR) is 97.2 cm³/mol. The van der Waals surface area contributed by atoms with E-state index in [-0.39, 0.29) is 4.90 Å². The van der Waals surface area contributed by atoms with E-state index in [1.54, 1.807) is 25.1 Å². The van der Waals surface area contributed by atoms with E-state index in [1.807, 2.05) is 39.0 Å². The lowest BCUT2D eigenvalue weighted by atomic mass is 10.1. The molecule has 0 radical (unpaired) electrons. The van der Waals surface area contributed by atoms with Crippen molar-refractivity contribution < 1.29 is 13.2 Å². The van der Waals surface area contributed by atoms with Crippen LogP contribution in [0, 0.1) is 20.8 Å². The number of nitrogens with one attached hydrogen (secondary N) is 1. The van der Waals surface area contributed by atoms with Crippen molar-refractivity contribution in [2.45, 2.75) is 39.0 Å². The van der Waals surface area contributed by atoms with Crippen LogP contribution in [0.1, 0.15) is 29.2 Å². The lowest BCUT2D eigenvalue weighted by Gasteiger charge is -2.13. The lowest BCUT2D eigenvalue weighted by molar-refractivity contribution is -0.113. The topological polar surface area (TPSA) is 63.2 Å². The van der Waals surface area contributed by atoms with E-state index in [9.17, 15) is 13.2 Å². The first-order valence-electron chi connectivity index (χ1n) is 7.93. The van der Waals surface area contributed by atoms with Crippen LogP contribution in [0.25, 0.3) is 0 Å². The zero-order valence-corrected chi connectivity index (χ0v) is 15.3. The lowest BCUT2D eigenvalue weighted by Crippen LogP contribution is -2.24. The third-order valence-corrected chi connectivity index (χ3v) is 5.76. The molecular weight excluding hydrogens is 322 g/mol. The van der Waals surface area contributed by atoms with Gasteiger partial charge in [-0.05, 0) is 49.9 Å². The van der Waals surface area contributed by atoms with Crippen molar-refractivity contribution in [2.24, 2.45) is 0 Å². The number of anilines is 1. The van der Waals surface area contributed by atoms with Gasteiger partial charge in [-0.15, -0.1) is 0 Å². The number of carbonyl (C=O) groups excluding carboxylic acids is 1. The summed E-state index contributed by atoms with van der Waals surface area (Å²) in [5.41, 5.74) is 4.27. The SMILES string of the molecule is CCc1cccc(C)c1NC(=O)CS(=O)(=O)c1ccc(C)cc1C. The molecule has 0 aliphatic rings. The largest absolute Gasteiger partial charge is 0.325 e. The number of para-hydroxylation sites is 1. The minimum Gasteiger partial charge on any atom is -0.325 e. The number of hydrogen-bond acceptors (Lipinski definition) is 3. The molecule has 0 spiro atoms. The Labute approximate surface area is 143 Å². The summed E-state index contributed by atoms with van der Waals surface area (Å²) in [5.74, 6) is -1.08. The molecule has 0 unspecified atom stereocenters. The van der Waals surface area contributed by atoms with Crippen LogP contribution in [0.5, 0.6) is 0 Å². The fourth-order valence-corrected chi connectivity index (χ4v) is 4.17. The van der Waals surface area contributed by atoms with Crippen molar-refractivity contribution in [3.05, 3.63) is 58.7 Å². The molecule has 0 bridgehead atoms. The molecule has 1 N–H and O–H groups in total. The standard InChI is InChI=1S/C19H23NO3S/c1-5-16-8-6-7-14(3)19(16)20-18(21)12-24(22,23)17-10-9-13(2)11-15(17)4/h6-11H,5,12H2,1-4H3,(H,20,21). The second-order valence-corrected chi connectivity index (χ2v) is 8.00. The Morgan fingerprint density at radius 2 is 1.75 bits per heavy atom. The zero-order valence-electron chi connectivity index (χ0n) is 14.5. The fourth-order valence-electron chi connectivity index (χ4n) is 2.78. The molecule has 5 heteroatoms.